The second kappa shape index (κ2) is 11.4. The number of aromatic nitrogens is 1. The van der Waals surface area contributed by atoms with E-state index in [4.69, 9.17) is 9.47 Å². The number of halogens is 2. The molecule has 10 heteroatoms. The summed E-state index contributed by atoms with van der Waals surface area (Å²) in [6.07, 6.45) is 4.94. The number of unbranched alkanes of at least 4 members (excludes halogenated alkanes) is 3. The second-order valence-corrected chi connectivity index (χ2v) is 12.3. The first kappa shape index (κ1) is 27.0. The van der Waals surface area contributed by atoms with Crippen LogP contribution >= 0.6 is 0 Å². The number of hydrogen-bond acceptors (Lipinski definition) is 5. The zero-order chi connectivity index (χ0) is 27.8. The van der Waals surface area contributed by atoms with Crippen LogP contribution in [0, 0.1) is 11.6 Å². The van der Waals surface area contributed by atoms with Crippen LogP contribution in [-0.4, -0.2) is 63.0 Å². The number of ether oxygens (including phenoxy) is 2. The first-order valence-corrected chi connectivity index (χ1v) is 15.8. The van der Waals surface area contributed by atoms with Gasteiger partial charge in [0, 0.05) is 0 Å². The molecule has 1 fully saturated rings. The Morgan fingerprint density at radius 2 is 1.90 bits per heavy atom. The van der Waals surface area contributed by atoms with Gasteiger partial charge in [-0.2, -0.15) is 0 Å². The third-order valence-electron chi connectivity index (χ3n) is 7.78. The van der Waals surface area contributed by atoms with Crippen LogP contribution in [0.4, 0.5) is 8.78 Å². The van der Waals surface area contributed by atoms with E-state index in [1.807, 2.05) is 29.3 Å². The average molecular weight is 615 g/mol. The number of benzene rings is 2. The van der Waals surface area contributed by atoms with Gasteiger partial charge < -0.3 is 0 Å². The van der Waals surface area contributed by atoms with Crippen LogP contribution < -0.4 is 19.6 Å². The van der Waals surface area contributed by atoms with E-state index in [9.17, 15) is 14.0 Å². The van der Waals surface area contributed by atoms with E-state index in [0.717, 1.165) is 35.7 Å². The Morgan fingerprint density at radius 1 is 1.05 bits per heavy atom. The van der Waals surface area contributed by atoms with Gasteiger partial charge in [-0.15, -0.1) is 0 Å². The molecule has 3 aliphatic heterocycles. The maximum atomic E-state index is 15.3. The molecule has 4 heterocycles. The van der Waals surface area contributed by atoms with Crippen LogP contribution in [0.1, 0.15) is 65.8 Å². The number of rotatable bonds is 7. The van der Waals surface area contributed by atoms with Gasteiger partial charge in [0.1, 0.15) is 0 Å². The van der Waals surface area contributed by atoms with Gasteiger partial charge >= 0.3 is 225 Å². The van der Waals surface area contributed by atoms with Gasteiger partial charge in [-0.1, -0.05) is 13.3 Å². The van der Waals surface area contributed by atoms with E-state index in [1.54, 1.807) is 21.8 Å². The van der Waals surface area contributed by atoms with Crippen LogP contribution in [0.25, 0.3) is 0 Å². The van der Waals surface area contributed by atoms with Crippen molar-refractivity contribution in [3.05, 3.63) is 92.9 Å². The molecule has 3 aliphatic rings. The Hall–Kier alpha value is -3.20. The summed E-state index contributed by atoms with van der Waals surface area (Å²) in [6.45, 7) is 3.38. The molecule has 1 saturated heterocycles. The normalized spacial score (nSPS) is 19.8. The van der Waals surface area contributed by atoms with E-state index in [2.05, 4.69) is 6.92 Å². The third kappa shape index (κ3) is 4.62. The van der Waals surface area contributed by atoms with Crippen LogP contribution in [-0.2, 0) is 10.1 Å². The number of hydrogen-bond donors (Lipinski definition) is 0. The van der Waals surface area contributed by atoms with E-state index < -0.39 is 23.8 Å². The number of amides is 1. The van der Waals surface area contributed by atoms with Crippen molar-refractivity contribution in [2.24, 2.45) is 0 Å². The number of nitrogens with zero attached hydrogens (tertiary/aromatic N) is 3. The summed E-state index contributed by atoms with van der Waals surface area (Å²) in [7, 11) is 0. The molecule has 0 N–H and O–H groups in total. The summed E-state index contributed by atoms with van der Waals surface area (Å²) in [4.78, 5) is 28.7. The zero-order valence-corrected chi connectivity index (χ0v) is 24.0. The van der Waals surface area contributed by atoms with Crippen molar-refractivity contribution in [2.45, 2.75) is 50.1 Å². The van der Waals surface area contributed by atoms with Gasteiger partial charge in [-0.25, -0.2) is 0 Å². The van der Waals surface area contributed by atoms with Gasteiger partial charge in [-0.05, 0) is 0 Å². The first-order valence-electron chi connectivity index (χ1n) is 13.8. The molecule has 7 nitrogen and oxygen atoms in total. The minimum absolute atomic E-state index is 0.0237. The predicted octanol–water partition coefficient (Wildman–Crippen LogP) is 3.47. The maximum absolute atomic E-state index is 15.3. The van der Waals surface area contributed by atoms with Crippen molar-refractivity contribution in [3.8, 4) is 5.75 Å². The SMILES string of the molecule is CCCCCCOc1c2n(ccc1=O)N(C1c3ccccc3[Se]Cc3c1ccc(F)c3F)[C@@H]1COCCN1C2=O. The Kier molecular flexibility index (Phi) is 7.66. The molecule has 1 amide bonds. The fourth-order valence-electron chi connectivity index (χ4n) is 5.81. The summed E-state index contributed by atoms with van der Waals surface area (Å²) in [6, 6.07) is 11.6. The Morgan fingerprint density at radius 3 is 2.75 bits per heavy atom. The molecule has 2 atom stereocenters. The van der Waals surface area contributed by atoms with Crippen molar-refractivity contribution in [1.82, 2.24) is 9.58 Å². The van der Waals surface area contributed by atoms with Crippen LogP contribution in [0.3, 0.4) is 0 Å². The summed E-state index contributed by atoms with van der Waals surface area (Å²) >= 11 is -0.137. The number of pyridine rings is 1. The monoisotopic (exact) mass is 615 g/mol. The van der Waals surface area contributed by atoms with E-state index >= 15 is 4.39 Å². The molecule has 0 radical (unpaired) electrons. The quantitative estimate of drug-likeness (QED) is 0.302. The summed E-state index contributed by atoms with van der Waals surface area (Å²) < 4.78 is 44.4. The van der Waals surface area contributed by atoms with Gasteiger partial charge in [0.2, 0.25) is 0 Å². The molecule has 210 valence electrons. The first-order chi connectivity index (χ1) is 19.5. The zero-order valence-electron chi connectivity index (χ0n) is 22.3. The molecule has 1 aromatic heterocycles. The molecule has 0 spiro atoms. The summed E-state index contributed by atoms with van der Waals surface area (Å²) in [5, 5.41) is 2.38. The Balaban J connectivity index is 1.55. The van der Waals surface area contributed by atoms with Crippen molar-refractivity contribution in [3.63, 3.8) is 0 Å². The number of morpholine rings is 1. The minimum atomic E-state index is -0.876. The van der Waals surface area contributed by atoms with Crippen LogP contribution in [0.5, 0.6) is 5.75 Å². The summed E-state index contributed by atoms with van der Waals surface area (Å²) in [5.41, 5.74) is 1.73. The Labute approximate surface area is 237 Å². The number of fused-ring (bicyclic) bond motifs is 4. The molecule has 0 bridgehead atoms. The van der Waals surface area contributed by atoms with Gasteiger partial charge in [0.15, 0.2) is 0 Å². The van der Waals surface area contributed by atoms with Crippen LogP contribution in [0.15, 0.2) is 53.5 Å². The molecular weight excluding hydrogens is 583 g/mol. The fraction of sp³-hybridized carbons (Fsp3) is 0.400. The predicted molar refractivity (Wildman–Crippen MR) is 148 cm³/mol. The fourth-order valence-corrected chi connectivity index (χ4v) is 8.15. The average Bonchev–Trinajstić information content (AvgIpc) is 3.13. The number of carbonyl (C=O) groups is 1. The van der Waals surface area contributed by atoms with Crippen molar-refractivity contribution >= 4 is 25.3 Å². The third-order valence-corrected chi connectivity index (χ3v) is 10.1. The Bertz CT molecular complexity index is 1500. The van der Waals surface area contributed by atoms with Gasteiger partial charge in [0.05, 0.1) is 0 Å². The van der Waals surface area contributed by atoms with Crippen molar-refractivity contribution in [2.75, 3.05) is 31.4 Å². The molecule has 1 unspecified atom stereocenters. The van der Waals surface area contributed by atoms with Gasteiger partial charge in [0.25, 0.3) is 0 Å². The van der Waals surface area contributed by atoms with Crippen molar-refractivity contribution in [1.29, 1.82) is 0 Å². The summed E-state index contributed by atoms with van der Waals surface area (Å²) in [5.74, 6) is -1.99. The topological polar surface area (TPSA) is 64.0 Å². The van der Waals surface area contributed by atoms with E-state index in [-0.39, 0.29) is 44.3 Å². The number of carbonyl (C=O) groups excluding carboxylic acids is 1. The molecule has 3 aromatic rings. The standard InChI is InChI=1S/C30H31F2N3O4Se/c1-2-3-4-7-15-39-29-23(36)12-13-34-28(29)30(37)33-14-16-38-17-25(33)35(34)27-19-10-11-22(31)26(32)21(19)18-40-24-9-6-5-8-20(24)27/h5-6,8-13,25,27H,2-4,7,14-18H2,1H3/t25-,27?/m1/s1. The van der Waals surface area contributed by atoms with E-state index in [0.29, 0.717) is 36.2 Å². The molecule has 0 aliphatic carbocycles. The molecule has 6 rings (SSSR count). The molecule has 2 aromatic carbocycles. The van der Waals surface area contributed by atoms with Crippen LogP contribution in [0.2, 0.25) is 0 Å². The second-order valence-electron chi connectivity index (χ2n) is 10.2. The van der Waals surface area contributed by atoms with Gasteiger partial charge in [-0.3, -0.25) is 0 Å². The molecular formula is C30H31F2N3O4Se. The molecule has 0 saturated carbocycles. The van der Waals surface area contributed by atoms with Crippen molar-refractivity contribution < 1.29 is 23.0 Å². The van der Waals surface area contributed by atoms with E-state index in [1.165, 1.54) is 12.1 Å². The molecule has 40 heavy (non-hydrogen) atoms.